The van der Waals surface area contributed by atoms with E-state index in [1.54, 1.807) is 0 Å². The highest BCUT2D eigenvalue weighted by atomic mass is 16.5. The van der Waals surface area contributed by atoms with Crippen molar-refractivity contribution in [3.05, 3.63) is 23.8 Å². The molecule has 118 valence electrons. The Balaban J connectivity index is 1.91. The van der Waals surface area contributed by atoms with Crippen LogP contribution in [0.5, 0.6) is 0 Å². The van der Waals surface area contributed by atoms with Crippen LogP contribution in [0.2, 0.25) is 0 Å². The molecule has 2 rings (SSSR count). The topological polar surface area (TPSA) is 46.5 Å². The molecule has 3 atom stereocenters. The number of esters is 1. The summed E-state index contributed by atoms with van der Waals surface area (Å²) in [5.41, 5.74) is 0.856. The van der Waals surface area contributed by atoms with Gasteiger partial charge in [0.15, 0.2) is 0 Å². The van der Waals surface area contributed by atoms with Crippen LogP contribution < -0.4 is 0 Å². The van der Waals surface area contributed by atoms with Crippen molar-refractivity contribution in [3.8, 4) is 0 Å². The van der Waals surface area contributed by atoms with E-state index >= 15 is 0 Å². The van der Waals surface area contributed by atoms with Crippen molar-refractivity contribution in [1.29, 1.82) is 0 Å². The predicted octanol–water partition coefficient (Wildman–Crippen LogP) is 3.63. The fourth-order valence-corrected chi connectivity index (χ4v) is 3.75. The number of rotatable bonds is 4. The van der Waals surface area contributed by atoms with Crippen LogP contribution in [0.3, 0.4) is 0 Å². The average molecular weight is 292 g/mol. The third kappa shape index (κ3) is 3.97. The molecule has 0 spiro atoms. The minimum absolute atomic E-state index is 0.0102. The van der Waals surface area contributed by atoms with Gasteiger partial charge in [-0.15, -0.1) is 0 Å². The molecule has 1 unspecified atom stereocenters. The first-order valence-electron chi connectivity index (χ1n) is 8.13. The Morgan fingerprint density at radius 3 is 2.86 bits per heavy atom. The van der Waals surface area contributed by atoms with Crippen LogP contribution in [0.25, 0.3) is 0 Å². The second-order valence-electron chi connectivity index (χ2n) is 7.17. The Bertz CT molecular complexity index is 434. The second-order valence-corrected chi connectivity index (χ2v) is 7.17. The summed E-state index contributed by atoms with van der Waals surface area (Å²) in [6.45, 7) is 6.50. The van der Waals surface area contributed by atoms with Gasteiger partial charge in [-0.3, -0.25) is 4.79 Å². The molecular weight excluding hydrogens is 264 g/mol. The number of aliphatic hydroxyl groups excluding tert-OH is 1. The normalized spacial score (nSPS) is 29.6. The lowest BCUT2D eigenvalue weighted by Gasteiger charge is -2.41. The van der Waals surface area contributed by atoms with Gasteiger partial charge in [0.2, 0.25) is 0 Å². The van der Waals surface area contributed by atoms with Crippen LogP contribution in [0.1, 0.15) is 52.9 Å². The van der Waals surface area contributed by atoms with Crippen molar-refractivity contribution in [2.75, 3.05) is 6.61 Å². The second kappa shape index (κ2) is 6.78. The van der Waals surface area contributed by atoms with E-state index < -0.39 is 6.10 Å². The molecule has 0 aromatic rings. The maximum atomic E-state index is 12.4. The lowest BCUT2D eigenvalue weighted by atomic mass is 9.64. The van der Waals surface area contributed by atoms with Gasteiger partial charge in [-0.25, -0.2) is 0 Å². The maximum absolute atomic E-state index is 12.4. The van der Waals surface area contributed by atoms with Crippen molar-refractivity contribution in [1.82, 2.24) is 0 Å². The highest BCUT2D eigenvalue weighted by Gasteiger charge is 2.42. The van der Waals surface area contributed by atoms with Gasteiger partial charge in [0.05, 0.1) is 5.92 Å². The third-order valence-electron chi connectivity index (χ3n) is 4.94. The summed E-state index contributed by atoms with van der Waals surface area (Å²) >= 11 is 0. The number of allylic oxidation sites excluding steroid dienone is 2. The molecule has 0 radical (unpaired) electrons. The van der Waals surface area contributed by atoms with E-state index in [2.05, 4.69) is 20.8 Å². The van der Waals surface area contributed by atoms with Crippen LogP contribution in [0, 0.1) is 17.3 Å². The predicted molar refractivity (Wildman–Crippen MR) is 83.7 cm³/mol. The summed E-state index contributed by atoms with van der Waals surface area (Å²) < 4.78 is 5.44. The van der Waals surface area contributed by atoms with Crippen molar-refractivity contribution >= 4 is 5.97 Å². The molecule has 0 amide bonds. The van der Waals surface area contributed by atoms with Crippen LogP contribution in [0.15, 0.2) is 23.8 Å². The molecule has 0 heterocycles. The molecule has 2 aliphatic carbocycles. The largest absolute Gasteiger partial charge is 0.462 e. The molecular formula is C18H28O3. The number of carbonyl (C=O) groups excluding carboxylic acids is 1. The zero-order valence-electron chi connectivity index (χ0n) is 13.5. The monoisotopic (exact) mass is 292 g/mol. The molecule has 0 aromatic heterocycles. The van der Waals surface area contributed by atoms with Gasteiger partial charge >= 0.3 is 5.97 Å². The molecule has 1 N–H and O–H groups in total. The van der Waals surface area contributed by atoms with Gasteiger partial charge < -0.3 is 9.84 Å². The molecule has 3 heteroatoms. The molecule has 0 aromatic carbocycles. The van der Waals surface area contributed by atoms with Crippen LogP contribution in [-0.2, 0) is 9.53 Å². The highest BCUT2D eigenvalue weighted by molar-refractivity contribution is 5.74. The lowest BCUT2D eigenvalue weighted by Crippen LogP contribution is -2.41. The first kappa shape index (κ1) is 16.3. The van der Waals surface area contributed by atoms with E-state index in [4.69, 9.17) is 4.74 Å². The van der Waals surface area contributed by atoms with Gasteiger partial charge in [-0.2, -0.15) is 0 Å². The van der Waals surface area contributed by atoms with Crippen molar-refractivity contribution in [2.24, 2.45) is 17.3 Å². The minimum Gasteiger partial charge on any atom is -0.462 e. The molecule has 0 aliphatic heterocycles. The van der Waals surface area contributed by atoms with Crippen LogP contribution in [0.4, 0.5) is 0 Å². The fraction of sp³-hybridized carbons (Fsp3) is 0.722. The molecule has 21 heavy (non-hydrogen) atoms. The smallest absolute Gasteiger partial charge is 0.309 e. The van der Waals surface area contributed by atoms with Gasteiger partial charge in [-0.1, -0.05) is 45.4 Å². The number of carbonyl (C=O) groups is 1. The quantitative estimate of drug-likeness (QED) is 0.805. The van der Waals surface area contributed by atoms with E-state index in [-0.39, 0.29) is 23.9 Å². The van der Waals surface area contributed by atoms with Gasteiger partial charge in [0.25, 0.3) is 0 Å². The standard InChI is InChI=1S/C18H28O3/c1-13-8-7-11-18(2,3)16(13)17(20)21-12-15(19)14-9-5-4-6-10-14/h5,9-10,13,15-16,19H,4,6-8,11-12H2,1-3H3/t13-,15?,16-/m0/s1. The zero-order chi connectivity index (χ0) is 15.5. The lowest BCUT2D eigenvalue weighted by molar-refractivity contribution is -0.159. The molecule has 1 saturated carbocycles. The number of hydrogen-bond acceptors (Lipinski definition) is 3. The third-order valence-corrected chi connectivity index (χ3v) is 4.94. The van der Waals surface area contributed by atoms with E-state index in [0.29, 0.717) is 5.92 Å². The molecule has 1 fully saturated rings. The summed E-state index contributed by atoms with van der Waals surface area (Å²) in [6.07, 6.45) is 10.6. The summed E-state index contributed by atoms with van der Waals surface area (Å²) in [5.74, 6) is 0.146. The Labute approximate surface area is 128 Å². The minimum atomic E-state index is -0.701. The summed E-state index contributed by atoms with van der Waals surface area (Å²) in [4.78, 5) is 12.4. The number of ether oxygens (including phenoxy) is 1. The van der Waals surface area contributed by atoms with E-state index in [9.17, 15) is 9.90 Å². The van der Waals surface area contributed by atoms with E-state index in [0.717, 1.165) is 31.3 Å². The van der Waals surface area contributed by atoms with E-state index in [1.807, 2.05) is 18.2 Å². The Kier molecular flexibility index (Phi) is 5.26. The van der Waals surface area contributed by atoms with Gasteiger partial charge in [0.1, 0.15) is 12.7 Å². The molecule has 2 aliphatic rings. The van der Waals surface area contributed by atoms with Gasteiger partial charge in [0, 0.05) is 0 Å². The van der Waals surface area contributed by atoms with Crippen molar-refractivity contribution in [3.63, 3.8) is 0 Å². The Hall–Kier alpha value is -1.09. The maximum Gasteiger partial charge on any atom is 0.309 e. The first-order chi connectivity index (χ1) is 9.92. The fourth-order valence-electron chi connectivity index (χ4n) is 3.75. The van der Waals surface area contributed by atoms with E-state index in [1.165, 1.54) is 6.42 Å². The molecule has 3 nitrogen and oxygen atoms in total. The summed E-state index contributed by atoms with van der Waals surface area (Å²) in [7, 11) is 0. The zero-order valence-corrected chi connectivity index (χ0v) is 13.5. The van der Waals surface area contributed by atoms with Crippen molar-refractivity contribution < 1.29 is 14.6 Å². The first-order valence-corrected chi connectivity index (χ1v) is 8.13. The summed E-state index contributed by atoms with van der Waals surface area (Å²) in [5, 5.41) is 10.1. The highest BCUT2D eigenvalue weighted by Crippen LogP contribution is 2.44. The number of hydrogen-bond donors (Lipinski definition) is 1. The average Bonchev–Trinajstić information content (AvgIpc) is 2.44. The van der Waals surface area contributed by atoms with Crippen LogP contribution >= 0.6 is 0 Å². The number of aliphatic hydroxyl groups is 1. The van der Waals surface area contributed by atoms with Gasteiger partial charge in [-0.05, 0) is 42.6 Å². The van der Waals surface area contributed by atoms with Crippen molar-refractivity contribution in [2.45, 2.75) is 59.0 Å². The molecule has 0 saturated heterocycles. The summed E-state index contributed by atoms with van der Waals surface area (Å²) in [6, 6.07) is 0. The Morgan fingerprint density at radius 1 is 1.48 bits per heavy atom. The Morgan fingerprint density at radius 2 is 2.24 bits per heavy atom. The van der Waals surface area contributed by atoms with Crippen LogP contribution in [-0.4, -0.2) is 23.8 Å². The SMILES string of the molecule is C[C@H]1CCCC(C)(C)[C@@H]1C(=O)OCC(O)C1=CCCC=C1. The molecule has 0 bridgehead atoms.